The number of hydrogen-bond acceptors (Lipinski definition) is 3. The van der Waals surface area contributed by atoms with Crippen molar-refractivity contribution in [3.05, 3.63) is 35.2 Å². The Bertz CT molecular complexity index is 702. The number of amides is 1. The van der Waals surface area contributed by atoms with Crippen molar-refractivity contribution in [2.75, 3.05) is 19.7 Å². The molecule has 2 aliphatic rings. The van der Waals surface area contributed by atoms with E-state index in [1.54, 1.807) is 11.3 Å². The van der Waals surface area contributed by atoms with Gasteiger partial charge in [0, 0.05) is 24.4 Å². The van der Waals surface area contributed by atoms with E-state index in [0.29, 0.717) is 11.5 Å². The number of benzene rings is 1. The second-order valence-corrected chi connectivity index (χ2v) is 7.52. The van der Waals surface area contributed by atoms with Crippen molar-refractivity contribution in [2.45, 2.75) is 32.3 Å². The molecule has 1 saturated heterocycles. The zero-order valence-electron chi connectivity index (χ0n) is 12.9. The summed E-state index contributed by atoms with van der Waals surface area (Å²) in [5, 5.41) is 3.23. The Labute approximate surface area is 134 Å². The molecule has 1 amide bonds. The maximum absolute atomic E-state index is 12.9. The van der Waals surface area contributed by atoms with Gasteiger partial charge in [-0.15, -0.1) is 11.3 Å². The third kappa shape index (κ3) is 2.25. The molecule has 0 atom stereocenters. The number of thiophene rings is 1. The molecule has 1 aromatic carbocycles. The maximum atomic E-state index is 12.9. The number of rotatable bonds is 3. The fourth-order valence-corrected chi connectivity index (χ4v) is 4.94. The van der Waals surface area contributed by atoms with Gasteiger partial charge in [-0.05, 0) is 54.5 Å². The van der Waals surface area contributed by atoms with Crippen LogP contribution in [0.2, 0.25) is 0 Å². The van der Waals surface area contributed by atoms with Crippen LogP contribution in [0.5, 0.6) is 0 Å². The van der Waals surface area contributed by atoms with Gasteiger partial charge in [0.25, 0.3) is 5.91 Å². The van der Waals surface area contributed by atoms with E-state index in [4.69, 9.17) is 4.74 Å². The van der Waals surface area contributed by atoms with E-state index in [9.17, 15) is 4.79 Å². The van der Waals surface area contributed by atoms with Crippen LogP contribution in [0.3, 0.4) is 0 Å². The van der Waals surface area contributed by atoms with Crippen LogP contribution >= 0.6 is 11.3 Å². The van der Waals surface area contributed by atoms with Gasteiger partial charge >= 0.3 is 0 Å². The lowest BCUT2D eigenvalue weighted by molar-refractivity contribution is -0.0707. The molecule has 1 aromatic heterocycles. The summed E-state index contributed by atoms with van der Waals surface area (Å²) in [5.41, 5.74) is 1.20. The monoisotopic (exact) mass is 315 g/mol. The van der Waals surface area contributed by atoms with Gasteiger partial charge in [0.2, 0.25) is 0 Å². The first-order valence-corrected chi connectivity index (χ1v) is 8.96. The highest BCUT2D eigenvalue weighted by Gasteiger charge is 2.49. The molecular weight excluding hydrogens is 294 g/mol. The first kappa shape index (κ1) is 14.2. The van der Waals surface area contributed by atoms with Gasteiger partial charge in [-0.3, -0.25) is 4.79 Å². The van der Waals surface area contributed by atoms with E-state index in [1.807, 2.05) is 12.1 Å². The van der Waals surface area contributed by atoms with Crippen LogP contribution in [-0.2, 0) is 4.74 Å². The Morgan fingerprint density at radius 2 is 2.27 bits per heavy atom. The summed E-state index contributed by atoms with van der Waals surface area (Å²) in [6, 6.07) is 8.12. The average molecular weight is 315 g/mol. The van der Waals surface area contributed by atoms with E-state index in [1.165, 1.54) is 5.39 Å². The standard InChI is InChI=1S/C18H21NO2S/c1-2-21-14-10-18(11-14)7-8-19(12-18)17(20)15-5-3-4-13-6-9-22-16(13)15/h3-6,9,14H,2,7-8,10-12H2,1H3. The second kappa shape index (κ2) is 5.36. The highest BCUT2D eigenvalue weighted by molar-refractivity contribution is 7.17. The van der Waals surface area contributed by atoms with Gasteiger partial charge in [-0.25, -0.2) is 0 Å². The smallest absolute Gasteiger partial charge is 0.255 e. The van der Waals surface area contributed by atoms with E-state index in [0.717, 1.165) is 49.2 Å². The molecule has 1 aliphatic carbocycles. The van der Waals surface area contributed by atoms with Crippen molar-refractivity contribution >= 4 is 27.3 Å². The van der Waals surface area contributed by atoms with Crippen LogP contribution in [0.25, 0.3) is 10.1 Å². The highest BCUT2D eigenvalue weighted by atomic mass is 32.1. The SMILES string of the molecule is CCOC1CC2(CCN(C(=O)c3cccc4ccsc34)C2)C1. The molecule has 1 saturated carbocycles. The average Bonchev–Trinajstić information content (AvgIpc) is 3.12. The summed E-state index contributed by atoms with van der Waals surface area (Å²) in [5.74, 6) is 0.199. The summed E-state index contributed by atoms with van der Waals surface area (Å²) in [6.07, 6.45) is 3.78. The molecule has 116 valence electrons. The molecule has 1 aliphatic heterocycles. The number of fused-ring (bicyclic) bond motifs is 1. The van der Waals surface area contributed by atoms with Crippen molar-refractivity contribution in [2.24, 2.45) is 5.41 Å². The number of nitrogens with zero attached hydrogens (tertiary/aromatic N) is 1. The second-order valence-electron chi connectivity index (χ2n) is 6.61. The lowest BCUT2D eigenvalue weighted by Gasteiger charge is -2.44. The lowest BCUT2D eigenvalue weighted by Crippen LogP contribution is -2.45. The van der Waals surface area contributed by atoms with Crippen molar-refractivity contribution < 1.29 is 9.53 Å². The number of carbonyl (C=O) groups excluding carboxylic acids is 1. The van der Waals surface area contributed by atoms with Gasteiger partial charge in [0.05, 0.1) is 11.7 Å². The molecular formula is C18H21NO2S. The van der Waals surface area contributed by atoms with Crippen molar-refractivity contribution in [3.8, 4) is 0 Å². The fraction of sp³-hybridized carbons (Fsp3) is 0.500. The Morgan fingerprint density at radius 3 is 3.09 bits per heavy atom. The van der Waals surface area contributed by atoms with Crippen molar-refractivity contribution in [1.29, 1.82) is 0 Å². The predicted molar refractivity (Wildman–Crippen MR) is 89.4 cm³/mol. The minimum Gasteiger partial charge on any atom is -0.378 e. The van der Waals surface area contributed by atoms with E-state index < -0.39 is 0 Å². The van der Waals surface area contributed by atoms with E-state index >= 15 is 0 Å². The zero-order valence-corrected chi connectivity index (χ0v) is 13.7. The molecule has 22 heavy (non-hydrogen) atoms. The highest BCUT2D eigenvalue weighted by Crippen LogP contribution is 2.49. The molecule has 1 spiro atoms. The summed E-state index contributed by atoms with van der Waals surface area (Å²) in [4.78, 5) is 14.9. The van der Waals surface area contributed by atoms with Gasteiger partial charge < -0.3 is 9.64 Å². The van der Waals surface area contributed by atoms with E-state index in [2.05, 4.69) is 29.3 Å². The largest absolute Gasteiger partial charge is 0.378 e. The normalized spacial score (nSPS) is 27.5. The third-order valence-electron chi connectivity index (χ3n) is 5.16. The minimum atomic E-state index is 0.199. The van der Waals surface area contributed by atoms with Crippen molar-refractivity contribution in [3.63, 3.8) is 0 Å². The van der Waals surface area contributed by atoms with Gasteiger partial charge in [0.15, 0.2) is 0 Å². The number of likely N-dealkylation sites (tertiary alicyclic amines) is 1. The molecule has 2 fully saturated rings. The molecule has 2 heterocycles. The maximum Gasteiger partial charge on any atom is 0.255 e. The molecule has 0 bridgehead atoms. The zero-order chi connectivity index (χ0) is 15.2. The van der Waals surface area contributed by atoms with Gasteiger partial charge in [0.1, 0.15) is 0 Å². The Kier molecular flexibility index (Phi) is 3.46. The predicted octanol–water partition coefficient (Wildman–Crippen LogP) is 3.93. The van der Waals surface area contributed by atoms with Crippen molar-refractivity contribution in [1.82, 2.24) is 4.90 Å². The number of carbonyl (C=O) groups is 1. The first-order valence-electron chi connectivity index (χ1n) is 8.08. The molecule has 0 N–H and O–H groups in total. The molecule has 3 nitrogen and oxygen atoms in total. The third-order valence-corrected chi connectivity index (χ3v) is 6.12. The quantitative estimate of drug-likeness (QED) is 0.859. The molecule has 4 heteroatoms. The minimum absolute atomic E-state index is 0.199. The molecule has 0 unspecified atom stereocenters. The van der Waals surface area contributed by atoms with Gasteiger partial charge in [-0.2, -0.15) is 0 Å². The first-order chi connectivity index (χ1) is 10.7. The summed E-state index contributed by atoms with van der Waals surface area (Å²) in [7, 11) is 0. The lowest BCUT2D eigenvalue weighted by atomic mass is 9.66. The topological polar surface area (TPSA) is 29.5 Å². The van der Waals surface area contributed by atoms with Crippen LogP contribution < -0.4 is 0 Å². The fourth-order valence-electron chi connectivity index (χ4n) is 4.03. The Hall–Kier alpha value is -1.39. The Balaban J connectivity index is 1.50. The van der Waals surface area contributed by atoms with Crippen LogP contribution in [0.1, 0.15) is 36.5 Å². The van der Waals surface area contributed by atoms with Gasteiger partial charge in [-0.1, -0.05) is 12.1 Å². The van der Waals surface area contributed by atoms with Crippen LogP contribution in [0, 0.1) is 5.41 Å². The Morgan fingerprint density at radius 1 is 1.41 bits per heavy atom. The molecule has 2 aromatic rings. The summed E-state index contributed by atoms with van der Waals surface area (Å²) >= 11 is 1.66. The van der Waals surface area contributed by atoms with Crippen LogP contribution in [-0.4, -0.2) is 36.6 Å². The molecule has 4 rings (SSSR count). The summed E-state index contributed by atoms with van der Waals surface area (Å²) in [6.45, 7) is 4.64. The summed E-state index contributed by atoms with van der Waals surface area (Å²) < 4.78 is 6.81. The number of ether oxygens (including phenoxy) is 1. The van der Waals surface area contributed by atoms with Crippen LogP contribution in [0.4, 0.5) is 0 Å². The van der Waals surface area contributed by atoms with E-state index in [-0.39, 0.29) is 5.91 Å². The number of hydrogen-bond donors (Lipinski definition) is 0. The van der Waals surface area contributed by atoms with Crippen LogP contribution in [0.15, 0.2) is 29.6 Å². The molecule has 0 radical (unpaired) electrons.